The number of ether oxygens (including phenoxy) is 3. The van der Waals surface area contributed by atoms with Crippen LogP contribution in [0.25, 0.3) is 0 Å². The Hall–Kier alpha value is -2.44. The highest BCUT2D eigenvalue weighted by atomic mass is 16.5. The Morgan fingerprint density at radius 2 is 1.65 bits per heavy atom. The van der Waals surface area contributed by atoms with Crippen molar-refractivity contribution >= 4 is 11.9 Å². The van der Waals surface area contributed by atoms with Gasteiger partial charge in [0, 0.05) is 6.54 Å². The number of methoxy groups -OCH3 is 3. The fourth-order valence-corrected chi connectivity index (χ4v) is 2.67. The van der Waals surface area contributed by atoms with Crippen LogP contribution in [0.4, 0.5) is 0 Å². The molecule has 2 unspecified atom stereocenters. The van der Waals surface area contributed by atoms with Crippen LogP contribution in [0.2, 0.25) is 0 Å². The highest BCUT2D eigenvalue weighted by molar-refractivity contribution is 5.86. The Balaban J connectivity index is 2.06. The molecule has 1 amide bonds. The van der Waals surface area contributed by atoms with Crippen LogP contribution in [0.15, 0.2) is 12.1 Å². The topological polar surface area (TPSA) is 94.1 Å². The molecule has 0 aromatic heterocycles. The molecule has 0 spiro atoms. The zero-order valence-corrected chi connectivity index (χ0v) is 13.4. The van der Waals surface area contributed by atoms with Gasteiger partial charge in [-0.3, -0.25) is 9.59 Å². The minimum atomic E-state index is -0.913. The van der Waals surface area contributed by atoms with Crippen LogP contribution in [-0.2, 0) is 16.1 Å². The van der Waals surface area contributed by atoms with Gasteiger partial charge in [0.05, 0.1) is 33.2 Å². The smallest absolute Gasteiger partial charge is 0.307 e. The summed E-state index contributed by atoms with van der Waals surface area (Å²) in [5.41, 5.74) is 0.777. The molecular weight excluding hydrogens is 302 g/mol. The molecule has 1 aliphatic rings. The zero-order chi connectivity index (χ0) is 17.0. The predicted molar refractivity (Wildman–Crippen MR) is 81.8 cm³/mol. The summed E-state index contributed by atoms with van der Waals surface area (Å²) >= 11 is 0. The van der Waals surface area contributed by atoms with Crippen molar-refractivity contribution in [1.82, 2.24) is 5.32 Å². The summed E-state index contributed by atoms with van der Waals surface area (Å²) in [6.07, 6.45) is 1.16. The number of amides is 1. The third kappa shape index (κ3) is 3.49. The van der Waals surface area contributed by atoms with E-state index in [1.54, 1.807) is 12.1 Å². The van der Waals surface area contributed by atoms with Crippen molar-refractivity contribution in [3.05, 3.63) is 17.7 Å². The first-order valence-electron chi connectivity index (χ1n) is 7.31. The van der Waals surface area contributed by atoms with Gasteiger partial charge in [-0.2, -0.15) is 0 Å². The van der Waals surface area contributed by atoms with Gasteiger partial charge in [-0.05, 0) is 30.5 Å². The van der Waals surface area contributed by atoms with Crippen LogP contribution in [0.1, 0.15) is 18.4 Å². The van der Waals surface area contributed by atoms with E-state index in [1.165, 1.54) is 21.3 Å². The molecule has 0 heterocycles. The number of rotatable bonds is 7. The van der Waals surface area contributed by atoms with Crippen molar-refractivity contribution < 1.29 is 28.9 Å². The third-order valence-corrected chi connectivity index (χ3v) is 4.12. The largest absolute Gasteiger partial charge is 0.493 e. The first-order chi connectivity index (χ1) is 11.0. The summed E-state index contributed by atoms with van der Waals surface area (Å²) in [5.74, 6) is -0.688. The van der Waals surface area contributed by atoms with Gasteiger partial charge >= 0.3 is 5.97 Å². The maximum absolute atomic E-state index is 12.1. The normalized spacial score (nSPS) is 19.4. The second-order valence-electron chi connectivity index (χ2n) is 5.38. The predicted octanol–water partition coefficient (Wildman–Crippen LogP) is 1.44. The average Bonchev–Trinajstić information content (AvgIpc) is 2.49. The maximum Gasteiger partial charge on any atom is 0.307 e. The van der Waals surface area contributed by atoms with E-state index in [0.29, 0.717) is 30.1 Å². The van der Waals surface area contributed by atoms with E-state index < -0.39 is 17.8 Å². The molecule has 1 aliphatic carbocycles. The van der Waals surface area contributed by atoms with E-state index in [2.05, 4.69) is 5.32 Å². The molecule has 2 atom stereocenters. The minimum absolute atomic E-state index is 0.239. The number of hydrogen-bond donors (Lipinski definition) is 2. The van der Waals surface area contributed by atoms with Crippen LogP contribution in [0.3, 0.4) is 0 Å². The molecule has 0 radical (unpaired) electrons. The lowest BCUT2D eigenvalue weighted by Crippen LogP contribution is -2.43. The molecule has 1 aromatic rings. The van der Waals surface area contributed by atoms with E-state index >= 15 is 0 Å². The standard InChI is InChI=1S/C16H21NO6/c1-21-12-6-9(7-13(22-2)14(12)23-3)8-17-15(18)10-4-5-11(10)16(19)20/h6-7,10-11H,4-5,8H2,1-3H3,(H,17,18)(H,19,20). The molecule has 2 rings (SSSR count). The number of aliphatic carboxylic acids is 1. The number of hydrogen-bond acceptors (Lipinski definition) is 5. The van der Waals surface area contributed by atoms with Gasteiger partial charge < -0.3 is 24.6 Å². The number of carbonyl (C=O) groups is 2. The fraction of sp³-hybridized carbons (Fsp3) is 0.500. The van der Waals surface area contributed by atoms with Crippen molar-refractivity contribution in [3.63, 3.8) is 0 Å². The van der Waals surface area contributed by atoms with Gasteiger partial charge in [0.2, 0.25) is 11.7 Å². The molecule has 0 bridgehead atoms. The highest BCUT2D eigenvalue weighted by Gasteiger charge is 2.41. The van der Waals surface area contributed by atoms with Crippen LogP contribution < -0.4 is 19.5 Å². The Morgan fingerprint density at radius 1 is 1.09 bits per heavy atom. The Labute approximate surface area is 134 Å². The maximum atomic E-state index is 12.1. The van der Waals surface area contributed by atoms with Crippen LogP contribution in [0, 0.1) is 11.8 Å². The van der Waals surface area contributed by atoms with Gasteiger partial charge in [0.1, 0.15) is 0 Å². The first-order valence-corrected chi connectivity index (χ1v) is 7.31. The van der Waals surface area contributed by atoms with Gasteiger partial charge in [-0.15, -0.1) is 0 Å². The molecule has 7 heteroatoms. The second-order valence-corrected chi connectivity index (χ2v) is 5.38. The van der Waals surface area contributed by atoms with Crippen molar-refractivity contribution in [1.29, 1.82) is 0 Å². The fourth-order valence-electron chi connectivity index (χ4n) is 2.67. The van der Waals surface area contributed by atoms with E-state index in [9.17, 15) is 9.59 Å². The molecule has 23 heavy (non-hydrogen) atoms. The average molecular weight is 323 g/mol. The van der Waals surface area contributed by atoms with E-state index in [4.69, 9.17) is 19.3 Å². The van der Waals surface area contributed by atoms with Crippen LogP contribution in [0.5, 0.6) is 17.2 Å². The van der Waals surface area contributed by atoms with E-state index in [-0.39, 0.29) is 12.5 Å². The van der Waals surface area contributed by atoms with Crippen molar-refractivity contribution in [3.8, 4) is 17.2 Å². The summed E-state index contributed by atoms with van der Waals surface area (Å²) in [4.78, 5) is 23.1. The molecule has 0 aliphatic heterocycles. The zero-order valence-electron chi connectivity index (χ0n) is 13.4. The summed E-state index contributed by atoms with van der Waals surface area (Å²) in [7, 11) is 4.56. The Kier molecular flexibility index (Phi) is 5.31. The van der Waals surface area contributed by atoms with Crippen molar-refractivity contribution in [2.24, 2.45) is 11.8 Å². The summed E-state index contributed by atoms with van der Waals surface area (Å²) in [6.45, 7) is 0.262. The van der Waals surface area contributed by atoms with Crippen LogP contribution >= 0.6 is 0 Å². The number of benzene rings is 1. The molecule has 126 valence electrons. The highest BCUT2D eigenvalue weighted by Crippen LogP contribution is 2.38. The molecular formula is C16H21NO6. The quantitative estimate of drug-likeness (QED) is 0.788. The monoisotopic (exact) mass is 323 g/mol. The lowest BCUT2D eigenvalue weighted by atomic mass is 9.73. The second kappa shape index (κ2) is 7.21. The van der Waals surface area contributed by atoms with Gasteiger partial charge in [-0.1, -0.05) is 0 Å². The van der Waals surface area contributed by atoms with Crippen LogP contribution in [-0.4, -0.2) is 38.3 Å². The van der Waals surface area contributed by atoms with Gasteiger partial charge in [0.15, 0.2) is 11.5 Å². The minimum Gasteiger partial charge on any atom is -0.493 e. The summed E-state index contributed by atoms with van der Waals surface area (Å²) < 4.78 is 15.8. The number of carboxylic acids is 1. The van der Waals surface area contributed by atoms with E-state index in [0.717, 1.165) is 5.56 Å². The molecule has 1 fully saturated rings. The molecule has 7 nitrogen and oxygen atoms in total. The molecule has 0 saturated heterocycles. The number of nitrogens with one attached hydrogen (secondary N) is 1. The summed E-state index contributed by atoms with van der Waals surface area (Å²) in [6, 6.07) is 3.49. The van der Waals surface area contributed by atoms with Crippen molar-refractivity contribution in [2.45, 2.75) is 19.4 Å². The first kappa shape index (κ1) is 16.9. The number of carbonyl (C=O) groups excluding carboxylic acids is 1. The lowest BCUT2D eigenvalue weighted by molar-refractivity contribution is -0.152. The van der Waals surface area contributed by atoms with E-state index in [1.807, 2.05) is 0 Å². The molecule has 1 saturated carbocycles. The molecule has 1 aromatic carbocycles. The van der Waals surface area contributed by atoms with Crippen molar-refractivity contribution in [2.75, 3.05) is 21.3 Å². The SMILES string of the molecule is COc1cc(CNC(=O)C2CCC2C(=O)O)cc(OC)c1OC. The van der Waals surface area contributed by atoms with Gasteiger partial charge in [0.25, 0.3) is 0 Å². The Bertz CT molecular complexity index is 575. The number of carboxylic acid groups (broad SMARTS) is 1. The lowest BCUT2D eigenvalue weighted by Gasteiger charge is -2.31. The molecule has 2 N–H and O–H groups in total. The van der Waals surface area contributed by atoms with Gasteiger partial charge in [-0.25, -0.2) is 0 Å². The summed E-state index contributed by atoms with van der Waals surface area (Å²) in [5, 5.41) is 11.8. The third-order valence-electron chi connectivity index (χ3n) is 4.12. The Morgan fingerprint density at radius 3 is 2.04 bits per heavy atom.